The summed E-state index contributed by atoms with van der Waals surface area (Å²) in [7, 11) is 0. The number of nitrogens with zero attached hydrogens (tertiary/aromatic N) is 3. The van der Waals surface area contributed by atoms with E-state index in [4.69, 9.17) is 10.1 Å². The van der Waals surface area contributed by atoms with Crippen molar-refractivity contribution in [3.8, 4) is 17.1 Å². The standard InChI is InChI=1S/C25H20N4O2/c30-17-9-3-8-16(14-17)23-22-20(12-5-13-21(22)31)26-25-27-24(28-29(23)25)19-11-4-7-15-6-1-2-10-18(15)19/h1-4,6-11,14,23,30H,5,12-13H2,(H,26,27,28). The summed E-state index contributed by atoms with van der Waals surface area (Å²) in [6.07, 6.45) is 2.14. The van der Waals surface area contributed by atoms with Gasteiger partial charge in [-0.3, -0.25) is 4.79 Å². The molecule has 2 heterocycles. The van der Waals surface area contributed by atoms with E-state index in [0.29, 0.717) is 18.2 Å². The number of Topliss-reactive ketones (excluding diaryl/α,β-unsaturated/α-hetero) is 1. The van der Waals surface area contributed by atoms with Crippen molar-refractivity contribution in [1.29, 1.82) is 0 Å². The van der Waals surface area contributed by atoms with Crippen LogP contribution in [0, 0.1) is 0 Å². The molecule has 0 fully saturated rings. The number of rotatable bonds is 2. The van der Waals surface area contributed by atoms with Crippen LogP contribution in [0.5, 0.6) is 5.75 Å². The smallest absolute Gasteiger partial charge is 0.226 e. The Morgan fingerprint density at radius 1 is 1.00 bits per heavy atom. The van der Waals surface area contributed by atoms with Crippen molar-refractivity contribution < 1.29 is 9.90 Å². The molecule has 6 heteroatoms. The van der Waals surface area contributed by atoms with Crippen LogP contribution in [0.15, 0.2) is 78.0 Å². The molecule has 0 bridgehead atoms. The average molecular weight is 408 g/mol. The van der Waals surface area contributed by atoms with E-state index in [1.54, 1.807) is 22.9 Å². The molecule has 1 aliphatic heterocycles. The molecule has 1 aliphatic carbocycles. The summed E-state index contributed by atoms with van der Waals surface area (Å²) in [6, 6.07) is 20.9. The monoisotopic (exact) mass is 408 g/mol. The number of hydrogen-bond donors (Lipinski definition) is 2. The van der Waals surface area contributed by atoms with Crippen LogP contribution in [0.25, 0.3) is 22.2 Å². The molecule has 152 valence electrons. The van der Waals surface area contributed by atoms with Crippen LogP contribution in [-0.4, -0.2) is 25.7 Å². The molecule has 0 spiro atoms. The Kier molecular flexibility index (Phi) is 3.93. The van der Waals surface area contributed by atoms with Crippen LogP contribution in [0.4, 0.5) is 5.95 Å². The highest BCUT2D eigenvalue weighted by molar-refractivity contribution is 5.99. The van der Waals surface area contributed by atoms with Crippen LogP contribution in [-0.2, 0) is 4.79 Å². The van der Waals surface area contributed by atoms with E-state index in [0.717, 1.165) is 46.0 Å². The van der Waals surface area contributed by atoms with Crippen molar-refractivity contribution in [2.24, 2.45) is 0 Å². The molecule has 0 saturated carbocycles. The summed E-state index contributed by atoms with van der Waals surface area (Å²) in [5, 5.41) is 20.5. The van der Waals surface area contributed by atoms with Gasteiger partial charge in [0.25, 0.3) is 0 Å². The van der Waals surface area contributed by atoms with Gasteiger partial charge in [-0.1, -0.05) is 54.6 Å². The molecule has 2 aliphatic rings. The maximum atomic E-state index is 12.9. The van der Waals surface area contributed by atoms with Crippen molar-refractivity contribution >= 4 is 22.5 Å². The van der Waals surface area contributed by atoms with Gasteiger partial charge in [0.05, 0.1) is 0 Å². The van der Waals surface area contributed by atoms with E-state index in [9.17, 15) is 9.90 Å². The second-order valence-electron chi connectivity index (χ2n) is 8.02. The number of nitrogens with one attached hydrogen (secondary N) is 1. The van der Waals surface area contributed by atoms with Crippen molar-refractivity contribution in [2.75, 3.05) is 5.32 Å². The maximum absolute atomic E-state index is 12.9. The second kappa shape index (κ2) is 6.80. The number of aromatic nitrogens is 3. The van der Waals surface area contributed by atoms with Gasteiger partial charge in [0.15, 0.2) is 11.6 Å². The van der Waals surface area contributed by atoms with E-state index in [-0.39, 0.29) is 11.5 Å². The third kappa shape index (κ3) is 2.83. The number of allylic oxidation sites excluding steroid dienone is 2. The summed E-state index contributed by atoms with van der Waals surface area (Å²) < 4.78 is 1.79. The first-order valence-corrected chi connectivity index (χ1v) is 10.5. The zero-order valence-electron chi connectivity index (χ0n) is 16.7. The molecule has 0 amide bonds. The molecule has 6 nitrogen and oxygen atoms in total. The van der Waals surface area contributed by atoms with Gasteiger partial charge in [0, 0.05) is 23.3 Å². The van der Waals surface area contributed by atoms with Crippen LogP contribution >= 0.6 is 0 Å². The highest BCUT2D eigenvalue weighted by atomic mass is 16.3. The number of carbonyl (C=O) groups excluding carboxylic acids is 1. The van der Waals surface area contributed by atoms with E-state index >= 15 is 0 Å². The molecular formula is C25H20N4O2. The quantitative estimate of drug-likeness (QED) is 0.497. The van der Waals surface area contributed by atoms with Gasteiger partial charge in [-0.25, -0.2) is 4.68 Å². The number of anilines is 1. The molecule has 31 heavy (non-hydrogen) atoms. The summed E-state index contributed by atoms with van der Waals surface area (Å²) in [5.41, 5.74) is 3.40. The van der Waals surface area contributed by atoms with Gasteiger partial charge in [-0.05, 0) is 41.3 Å². The first-order valence-electron chi connectivity index (χ1n) is 10.5. The van der Waals surface area contributed by atoms with Gasteiger partial charge in [0.1, 0.15) is 11.8 Å². The van der Waals surface area contributed by atoms with Gasteiger partial charge >= 0.3 is 0 Å². The number of ketones is 1. The van der Waals surface area contributed by atoms with Gasteiger partial charge < -0.3 is 10.4 Å². The summed E-state index contributed by atoms with van der Waals surface area (Å²) in [5.74, 6) is 1.51. The molecular weight excluding hydrogens is 388 g/mol. The van der Waals surface area contributed by atoms with Gasteiger partial charge in [0.2, 0.25) is 5.95 Å². The number of aromatic hydroxyl groups is 1. The fourth-order valence-electron chi connectivity index (χ4n) is 4.69. The highest BCUT2D eigenvalue weighted by Gasteiger charge is 2.37. The SMILES string of the molecule is O=C1CCCC2=C1C(c1cccc(O)c1)n1nc(-c3cccc4ccccc34)nc1N2. The number of carbonyl (C=O) groups is 1. The third-order valence-electron chi connectivity index (χ3n) is 6.08. The zero-order chi connectivity index (χ0) is 20.9. The summed E-state index contributed by atoms with van der Waals surface area (Å²) in [4.78, 5) is 17.8. The summed E-state index contributed by atoms with van der Waals surface area (Å²) >= 11 is 0. The molecule has 4 aromatic rings. The molecule has 1 unspecified atom stereocenters. The molecule has 0 radical (unpaired) electrons. The predicted octanol–water partition coefficient (Wildman–Crippen LogP) is 4.83. The summed E-state index contributed by atoms with van der Waals surface area (Å²) in [6.45, 7) is 0. The Bertz CT molecular complexity index is 1380. The Morgan fingerprint density at radius 3 is 2.74 bits per heavy atom. The van der Waals surface area contributed by atoms with Gasteiger partial charge in [-0.2, -0.15) is 4.98 Å². The number of phenols is 1. The lowest BCUT2D eigenvalue weighted by Crippen LogP contribution is -2.31. The number of hydrogen-bond acceptors (Lipinski definition) is 5. The van der Waals surface area contributed by atoms with Crippen LogP contribution < -0.4 is 5.32 Å². The highest BCUT2D eigenvalue weighted by Crippen LogP contribution is 2.41. The lowest BCUT2D eigenvalue weighted by molar-refractivity contribution is -0.116. The van der Waals surface area contributed by atoms with E-state index in [2.05, 4.69) is 23.5 Å². The maximum Gasteiger partial charge on any atom is 0.226 e. The minimum atomic E-state index is -0.414. The fourth-order valence-corrected chi connectivity index (χ4v) is 4.69. The van der Waals surface area contributed by atoms with E-state index in [1.165, 1.54) is 0 Å². The molecule has 2 N–H and O–H groups in total. The van der Waals surface area contributed by atoms with Crippen LogP contribution in [0.2, 0.25) is 0 Å². The predicted molar refractivity (Wildman–Crippen MR) is 119 cm³/mol. The van der Waals surface area contributed by atoms with Crippen LogP contribution in [0.3, 0.4) is 0 Å². The molecule has 1 atom stereocenters. The Labute approximate surface area is 178 Å². The molecule has 3 aromatic carbocycles. The first-order chi connectivity index (χ1) is 15.2. The zero-order valence-corrected chi connectivity index (χ0v) is 16.7. The lowest BCUT2D eigenvalue weighted by atomic mass is 9.85. The van der Waals surface area contributed by atoms with E-state index in [1.807, 2.05) is 30.3 Å². The fraction of sp³-hybridized carbons (Fsp3) is 0.160. The third-order valence-corrected chi connectivity index (χ3v) is 6.08. The normalized spacial score (nSPS) is 17.9. The van der Waals surface area contributed by atoms with Crippen LogP contribution in [0.1, 0.15) is 30.9 Å². The number of phenolic OH excluding ortho intramolecular Hbond substituents is 1. The largest absolute Gasteiger partial charge is 0.508 e. The van der Waals surface area contributed by atoms with Crippen molar-refractivity contribution in [3.63, 3.8) is 0 Å². The Balaban J connectivity index is 1.56. The van der Waals surface area contributed by atoms with Crippen molar-refractivity contribution in [1.82, 2.24) is 14.8 Å². The second-order valence-corrected chi connectivity index (χ2v) is 8.02. The van der Waals surface area contributed by atoms with E-state index < -0.39 is 6.04 Å². The minimum absolute atomic E-state index is 0.120. The van der Waals surface area contributed by atoms with Crippen molar-refractivity contribution in [3.05, 3.63) is 83.6 Å². The number of fused-ring (bicyclic) bond motifs is 2. The van der Waals surface area contributed by atoms with Gasteiger partial charge in [-0.15, -0.1) is 5.10 Å². The Morgan fingerprint density at radius 2 is 1.84 bits per heavy atom. The lowest BCUT2D eigenvalue weighted by Gasteiger charge is -2.32. The average Bonchev–Trinajstić information content (AvgIpc) is 3.21. The Hall–Kier alpha value is -3.93. The first kappa shape index (κ1) is 17.9. The minimum Gasteiger partial charge on any atom is -0.508 e. The molecule has 0 saturated heterocycles. The number of benzene rings is 3. The van der Waals surface area contributed by atoms with Crippen molar-refractivity contribution in [2.45, 2.75) is 25.3 Å². The molecule has 1 aromatic heterocycles. The topological polar surface area (TPSA) is 80.0 Å². The molecule has 6 rings (SSSR count).